The molecule has 0 atom stereocenters. The van der Waals surface area contributed by atoms with E-state index in [0.29, 0.717) is 5.13 Å². The Morgan fingerprint density at radius 3 is 2.60 bits per heavy atom. The van der Waals surface area contributed by atoms with E-state index in [4.69, 9.17) is 0 Å². The van der Waals surface area contributed by atoms with E-state index in [9.17, 15) is 4.79 Å². The smallest absolute Gasteiger partial charge is 0.233 e. The zero-order chi connectivity index (χ0) is 10.7. The van der Waals surface area contributed by atoms with Crippen LogP contribution in [0.4, 0.5) is 10.8 Å². The topological polar surface area (TPSA) is 33.2 Å². The number of amides is 1. The van der Waals surface area contributed by atoms with Gasteiger partial charge in [0.25, 0.3) is 0 Å². The summed E-state index contributed by atoms with van der Waals surface area (Å²) in [4.78, 5) is 17.0. The lowest BCUT2D eigenvalue weighted by Crippen LogP contribution is -2.22. The minimum atomic E-state index is -0.281. The highest BCUT2D eigenvalue weighted by Gasteiger charge is 2.15. The second-order valence-electron chi connectivity index (χ2n) is 2.88. The van der Waals surface area contributed by atoms with Crippen LogP contribution < -0.4 is 4.90 Å². The molecule has 2 aromatic rings. The summed E-state index contributed by atoms with van der Waals surface area (Å²) in [6.45, 7) is 3.42. The summed E-state index contributed by atoms with van der Waals surface area (Å²) in [7, 11) is 0. The van der Waals surface area contributed by atoms with Gasteiger partial charge in [0.2, 0.25) is 5.91 Å². The van der Waals surface area contributed by atoms with Gasteiger partial charge < -0.3 is 0 Å². The van der Waals surface area contributed by atoms with Crippen LogP contribution in [0, 0.1) is 6.92 Å². The van der Waals surface area contributed by atoms with Crippen LogP contribution in [0.3, 0.4) is 0 Å². The number of thiazole rings is 1. The maximum absolute atomic E-state index is 11.4. The van der Waals surface area contributed by atoms with Crippen molar-refractivity contribution >= 4 is 28.1 Å². The molecule has 4 heteroatoms. The summed E-state index contributed by atoms with van der Waals surface area (Å²) in [5, 5.41) is 2.47. The van der Waals surface area contributed by atoms with Gasteiger partial charge in [0, 0.05) is 18.5 Å². The first-order valence-electron chi connectivity index (χ1n) is 4.39. The summed E-state index contributed by atoms with van der Waals surface area (Å²) in [5.41, 5.74) is 0.785. The van der Waals surface area contributed by atoms with Gasteiger partial charge in [-0.2, -0.15) is 0 Å². The Morgan fingerprint density at radius 1 is 1.33 bits per heavy atom. The molecule has 0 saturated heterocycles. The van der Waals surface area contributed by atoms with E-state index in [1.165, 1.54) is 16.2 Å². The van der Waals surface area contributed by atoms with Crippen molar-refractivity contribution in [1.82, 2.24) is 4.98 Å². The molecular formula is C11H9N2OS. The molecule has 0 spiro atoms. The van der Waals surface area contributed by atoms with Gasteiger partial charge in [-0.15, -0.1) is 11.3 Å². The maximum Gasteiger partial charge on any atom is 0.233 e. The number of anilines is 2. The molecule has 1 heterocycles. The van der Waals surface area contributed by atoms with Crippen molar-refractivity contribution < 1.29 is 4.79 Å². The van der Waals surface area contributed by atoms with Gasteiger partial charge in [-0.1, -0.05) is 18.2 Å². The monoisotopic (exact) mass is 217 g/mol. The zero-order valence-corrected chi connectivity index (χ0v) is 8.78. The number of para-hydroxylation sites is 1. The predicted octanol–water partition coefficient (Wildman–Crippen LogP) is 2.64. The molecule has 15 heavy (non-hydrogen) atoms. The SMILES string of the molecule is [CH2]C(=O)N(c1ccccc1)c1nccs1. The van der Waals surface area contributed by atoms with Gasteiger partial charge in [0.1, 0.15) is 0 Å². The number of aromatic nitrogens is 1. The van der Waals surface area contributed by atoms with Crippen LogP contribution in [-0.4, -0.2) is 10.9 Å². The van der Waals surface area contributed by atoms with Crippen molar-refractivity contribution in [2.75, 3.05) is 4.90 Å². The Labute approximate surface area is 92.0 Å². The minimum absolute atomic E-state index is 0.281. The first-order chi connectivity index (χ1) is 7.29. The Hall–Kier alpha value is -1.68. The van der Waals surface area contributed by atoms with E-state index in [1.54, 1.807) is 6.20 Å². The molecule has 2 rings (SSSR count). The van der Waals surface area contributed by atoms with Crippen molar-refractivity contribution in [2.24, 2.45) is 0 Å². The van der Waals surface area contributed by atoms with Crippen LogP contribution in [-0.2, 0) is 4.79 Å². The van der Waals surface area contributed by atoms with Crippen LogP contribution in [0.1, 0.15) is 0 Å². The van der Waals surface area contributed by atoms with Crippen LogP contribution in [0.15, 0.2) is 41.9 Å². The molecule has 1 aromatic carbocycles. The molecule has 0 bridgehead atoms. The molecule has 0 fully saturated rings. The fourth-order valence-corrected chi connectivity index (χ4v) is 1.94. The zero-order valence-electron chi connectivity index (χ0n) is 7.96. The Morgan fingerprint density at radius 2 is 2.07 bits per heavy atom. The molecular weight excluding hydrogens is 208 g/mol. The number of hydrogen-bond donors (Lipinski definition) is 0. The summed E-state index contributed by atoms with van der Waals surface area (Å²) in [6, 6.07) is 9.35. The van der Waals surface area contributed by atoms with Crippen molar-refractivity contribution in [3.63, 3.8) is 0 Å². The van der Waals surface area contributed by atoms with E-state index < -0.39 is 0 Å². The highest BCUT2D eigenvalue weighted by molar-refractivity contribution is 7.13. The molecule has 0 saturated carbocycles. The summed E-state index contributed by atoms with van der Waals surface area (Å²) in [6.07, 6.45) is 1.67. The van der Waals surface area contributed by atoms with Crippen LogP contribution in [0.5, 0.6) is 0 Å². The summed E-state index contributed by atoms with van der Waals surface area (Å²) >= 11 is 1.41. The van der Waals surface area contributed by atoms with Gasteiger partial charge in [0.05, 0.1) is 5.69 Å². The third kappa shape index (κ3) is 2.05. The van der Waals surface area contributed by atoms with Gasteiger partial charge in [-0.3, -0.25) is 9.69 Å². The molecule has 1 amide bonds. The van der Waals surface area contributed by atoms with Gasteiger partial charge in [-0.05, 0) is 12.1 Å². The van der Waals surface area contributed by atoms with E-state index in [-0.39, 0.29) is 5.91 Å². The normalized spacial score (nSPS) is 9.93. The van der Waals surface area contributed by atoms with Gasteiger partial charge in [-0.25, -0.2) is 4.98 Å². The van der Waals surface area contributed by atoms with Crippen LogP contribution >= 0.6 is 11.3 Å². The van der Waals surface area contributed by atoms with Crippen LogP contribution in [0.2, 0.25) is 0 Å². The number of benzene rings is 1. The largest absolute Gasteiger partial charge is 0.274 e. The molecule has 75 valence electrons. The first-order valence-corrected chi connectivity index (χ1v) is 5.27. The Kier molecular flexibility index (Phi) is 2.78. The number of carbonyl (C=O) groups excluding carboxylic acids is 1. The lowest BCUT2D eigenvalue weighted by Gasteiger charge is -2.17. The number of carbonyl (C=O) groups is 1. The molecule has 0 aliphatic carbocycles. The second kappa shape index (κ2) is 4.23. The Bertz CT molecular complexity index is 439. The van der Waals surface area contributed by atoms with Crippen molar-refractivity contribution in [1.29, 1.82) is 0 Å². The van der Waals surface area contributed by atoms with E-state index in [0.717, 1.165) is 5.69 Å². The Balaban J connectivity index is 2.42. The molecule has 0 N–H and O–H groups in total. The quantitative estimate of drug-likeness (QED) is 0.774. The number of rotatable bonds is 2. The predicted molar refractivity (Wildman–Crippen MR) is 61.1 cm³/mol. The fraction of sp³-hybridized carbons (Fsp3) is 0. The summed E-state index contributed by atoms with van der Waals surface area (Å²) < 4.78 is 0. The average Bonchev–Trinajstić information content (AvgIpc) is 2.72. The molecule has 0 unspecified atom stereocenters. The fourth-order valence-electron chi connectivity index (χ4n) is 1.26. The second-order valence-corrected chi connectivity index (χ2v) is 3.75. The van der Waals surface area contributed by atoms with E-state index in [2.05, 4.69) is 11.9 Å². The highest BCUT2D eigenvalue weighted by atomic mass is 32.1. The van der Waals surface area contributed by atoms with Crippen molar-refractivity contribution in [2.45, 2.75) is 0 Å². The lowest BCUT2D eigenvalue weighted by molar-refractivity contribution is -0.113. The standard InChI is InChI=1S/C11H9N2OS/c1-9(14)13(11-12-7-8-15-11)10-5-3-2-4-6-10/h2-8H,1H2. The third-order valence-electron chi connectivity index (χ3n) is 1.87. The van der Waals surface area contributed by atoms with Crippen molar-refractivity contribution in [3.05, 3.63) is 48.8 Å². The van der Waals surface area contributed by atoms with Crippen molar-refractivity contribution in [3.8, 4) is 0 Å². The van der Waals surface area contributed by atoms with Crippen LogP contribution in [0.25, 0.3) is 0 Å². The lowest BCUT2D eigenvalue weighted by atomic mass is 10.3. The maximum atomic E-state index is 11.4. The molecule has 3 nitrogen and oxygen atoms in total. The molecule has 0 aliphatic rings. The first kappa shape index (κ1) is 9.86. The summed E-state index contributed by atoms with van der Waals surface area (Å²) in [5.74, 6) is -0.281. The van der Waals surface area contributed by atoms with E-state index in [1.807, 2.05) is 35.7 Å². The van der Waals surface area contributed by atoms with Gasteiger partial charge >= 0.3 is 0 Å². The van der Waals surface area contributed by atoms with Gasteiger partial charge in [0.15, 0.2) is 5.13 Å². The number of nitrogens with zero attached hydrogens (tertiary/aromatic N) is 2. The molecule has 1 radical (unpaired) electrons. The molecule has 1 aromatic heterocycles. The van der Waals surface area contributed by atoms with E-state index >= 15 is 0 Å². The number of hydrogen-bond acceptors (Lipinski definition) is 3. The average molecular weight is 217 g/mol. The molecule has 0 aliphatic heterocycles. The minimum Gasteiger partial charge on any atom is -0.274 e. The third-order valence-corrected chi connectivity index (χ3v) is 2.63. The highest BCUT2D eigenvalue weighted by Crippen LogP contribution is 2.26.